The Morgan fingerprint density at radius 3 is 0.622 bits per heavy atom. The van der Waals surface area contributed by atoms with Gasteiger partial charge in [-0.3, -0.25) is 9.35 Å². The monoisotopic (exact) mass is 760 g/mol. The lowest BCUT2D eigenvalue weighted by molar-refractivity contribution is -0.482. The van der Waals surface area contributed by atoms with Crippen LogP contribution in [0.5, 0.6) is 0 Å². The molecule has 0 spiro atoms. The van der Waals surface area contributed by atoms with Gasteiger partial charge in [-0.15, -0.1) is 0 Å². The number of alkyl halides is 26. The highest BCUT2D eigenvalue weighted by Crippen LogP contribution is 2.68. The summed E-state index contributed by atoms with van der Waals surface area (Å²) in [7, 11) is -8.01. The van der Waals surface area contributed by atoms with Crippen molar-refractivity contribution in [3.05, 3.63) is 0 Å². The highest BCUT2D eigenvalue weighted by Gasteiger charge is 3.00. The summed E-state index contributed by atoms with van der Waals surface area (Å²) in [5, 5.41) is -7.42. The molecule has 31 heteroatoms. The van der Waals surface area contributed by atoms with Crippen molar-refractivity contribution in [3.63, 3.8) is 0 Å². The summed E-state index contributed by atoms with van der Waals surface area (Å²) in [6.07, 6.45) is -11.2. The molecule has 0 fully saturated rings. The zero-order valence-electron chi connectivity index (χ0n) is 19.0. The first-order valence-electron chi connectivity index (χ1n) is 9.16. The molecular formula is C14H2F26O4S. The normalized spacial score (nSPS) is 18.1. The fourth-order valence-electron chi connectivity index (χ4n) is 2.46. The van der Waals surface area contributed by atoms with Crippen LogP contribution in [0.15, 0.2) is 0 Å². The molecule has 1 atom stereocenters. The van der Waals surface area contributed by atoms with E-state index >= 15 is 0 Å². The molecule has 0 aliphatic carbocycles. The molecule has 1 N–H and O–H groups in total. The molecule has 0 aliphatic rings. The first kappa shape index (κ1) is 42.8. The van der Waals surface area contributed by atoms with E-state index < -0.39 is 92.7 Å². The third-order valence-corrected chi connectivity index (χ3v) is 6.36. The van der Waals surface area contributed by atoms with Gasteiger partial charge in [-0.05, 0) is 0 Å². The Labute approximate surface area is 226 Å². The van der Waals surface area contributed by atoms with E-state index in [4.69, 9.17) is 4.55 Å². The van der Waals surface area contributed by atoms with E-state index in [-0.39, 0.29) is 0 Å². The van der Waals surface area contributed by atoms with Gasteiger partial charge in [-0.1, -0.05) is 0 Å². The summed E-state index contributed by atoms with van der Waals surface area (Å²) < 4.78 is 375. The lowest BCUT2D eigenvalue weighted by Crippen LogP contribution is -2.79. The molecule has 0 rings (SSSR count). The Bertz CT molecular complexity index is 1250. The van der Waals surface area contributed by atoms with Gasteiger partial charge < -0.3 is 0 Å². The summed E-state index contributed by atoms with van der Waals surface area (Å²) in [6.45, 7) is 0. The molecule has 0 radical (unpaired) electrons. The topological polar surface area (TPSA) is 71.4 Å². The van der Waals surface area contributed by atoms with Crippen molar-refractivity contribution < 1.29 is 132 Å². The molecule has 0 aromatic carbocycles. The van der Waals surface area contributed by atoms with Crippen LogP contribution in [0.2, 0.25) is 0 Å². The van der Waals surface area contributed by atoms with Crippen LogP contribution in [0.1, 0.15) is 0 Å². The molecule has 0 amide bonds. The van der Waals surface area contributed by atoms with Gasteiger partial charge in [-0.25, -0.2) is 4.39 Å². The second kappa shape index (κ2) is 10.1. The van der Waals surface area contributed by atoms with Crippen molar-refractivity contribution >= 4 is 16.4 Å². The molecule has 0 heterocycles. The van der Waals surface area contributed by atoms with E-state index in [2.05, 4.69) is 0 Å². The van der Waals surface area contributed by atoms with Crippen LogP contribution in [0.3, 0.4) is 0 Å². The van der Waals surface area contributed by atoms with Crippen LogP contribution in [-0.4, -0.2) is 95.6 Å². The molecule has 0 saturated carbocycles. The van der Waals surface area contributed by atoms with E-state index in [9.17, 15) is 127 Å². The summed E-state index contributed by atoms with van der Waals surface area (Å²) in [5.41, 5.74) is 0. The van der Waals surface area contributed by atoms with E-state index in [1.807, 2.05) is 0 Å². The Morgan fingerprint density at radius 1 is 0.333 bits per heavy atom. The molecule has 0 aliphatic heterocycles. The van der Waals surface area contributed by atoms with Crippen molar-refractivity contribution in [2.24, 2.45) is 0 Å². The van der Waals surface area contributed by atoms with Crippen LogP contribution < -0.4 is 0 Å². The van der Waals surface area contributed by atoms with Crippen LogP contribution in [0, 0.1) is 0 Å². The van der Waals surface area contributed by atoms with Gasteiger partial charge >= 0.3 is 86.4 Å². The number of hydrogen-bond donors (Lipinski definition) is 1. The number of rotatable bonds is 13. The van der Waals surface area contributed by atoms with E-state index in [0.717, 1.165) is 0 Å². The minimum atomic E-state index is -9.89. The highest BCUT2D eigenvalue weighted by molar-refractivity contribution is 7.87. The van der Waals surface area contributed by atoms with Gasteiger partial charge in [0.05, 0.1) is 0 Å². The van der Waals surface area contributed by atoms with Crippen LogP contribution in [-0.2, 0) is 14.9 Å². The Hall–Kier alpha value is -2.24. The summed E-state index contributed by atoms with van der Waals surface area (Å²) in [4.78, 5) is 10.2. The molecule has 0 bridgehead atoms. The largest absolute Gasteiger partial charge is 0.460 e. The fraction of sp³-hybridized carbons (Fsp3) is 0.929. The van der Waals surface area contributed by atoms with E-state index in [1.54, 1.807) is 0 Å². The highest BCUT2D eigenvalue weighted by atomic mass is 32.2. The maximum atomic E-state index is 13.7. The van der Waals surface area contributed by atoms with Crippen LogP contribution in [0.25, 0.3) is 0 Å². The summed E-state index contributed by atoms with van der Waals surface area (Å²) in [5.74, 6) is -104. The van der Waals surface area contributed by atoms with Gasteiger partial charge in [-0.2, -0.15) is 118 Å². The third kappa shape index (κ3) is 4.76. The van der Waals surface area contributed by atoms with Crippen molar-refractivity contribution in [1.29, 1.82) is 0 Å². The van der Waals surface area contributed by atoms with Gasteiger partial charge in [0.2, 0.25) is 0 Å². The maximum Gasteiger partial charge on any atom is 0.460 e. The number of carbonyl (C=O) groups excluding carboxylic acids is 1. The second-order valence-corrected chi connectivity index (χ2v) is 9.60. The van der Waals surface area contributed by atoms with Gasteiger partial charge in [0, 0.05) is 0 Å². The van der Waals surface area contributed by atoms with Gasteiger partial charge in [0.15, 0.2) is 6.29 Å². The summed E-state index contributed by atoms with van der Waals surface area (Å²) >= 11 is 0. The third-order valence-electron chi connectivity index (χ3n) is 5.25. The standard InChI is InChI=1S/C14H2F26O4S/c15-2(1-41,45(42,43)44)3(16,17)4(18,19)5(20,21)6(22,23)7(24,25)8(26,27)9(28,29)10(30,31)11(32,33)12(34,35)13(36,37)14(38,39)40/h1H,(H,42,43,44). The Kier molecular flexibility index (Phi) is 9.63. The minimum absolute atomic E-state index is 2.90. The van der Waals surface area contributed by atoms with Crippen LogP contribution in [0.4, 0.5) is 114 Å². The predicted octanol–water partition coefficient (Wildman–Crippen LogP) is 7.29. The average Bonchev–Trinajstić information content (AvgIpc) is 2.80. The molecule has 0 aromatic rings. The number of halogens is 26. The lowest BCUT2D eigenvalue weighted by Gasteiger charge is -2.46. The first-order valence-corrected chi connectivity index (χ1v) is 10.6. The molecule has 1 unspecified atom stereocenters. The molecule has 0 saturated heterocycles. The average molecular weight is 760 g/mol. The SMILES string of the molecule is O=CC(F)(C(F)(F)C(F)(F)C(F)(F)C(F)(F)C(F)(F)C(F)(F)C(F)(F)C(F)(F)C(F)(F)C(F)(F)C(F)(F)C(F)(F)F)S(=O)(=O)O. The van der Waals surface area contributed by atoms with Crippen molar-refractivity contribution in [3.8, 4) is 0 Å². The van der Waals surface area contributed by atoms with Crippen molar-refractivity contribution in [2.45, 2.75) is 76.3 Å². The van der Waals surface area contributed by atoms with Gasteiger partial charge in [0.25, 0.3) is 0 Å². The molecular weight excluding hydrogens is 758 g/mol. The van der Waals surface area contributed by atoms with Crippen molar-refractivity contribution in [1.82, 2.24) is 0 Å². The molecule has 270 valence electrons. The number of hydrogen-bond acceptors (Lipinski definition) is 3. The summed E-state index contributed by atoms with van der Waals surface area (Å²) in [6, 6.07) is 0. The maximum absolute atomic E-state index is 13.7. The zero-order chi connectivity index (χ0) is 37.7. The van der Waals surface area contributed by atoms with Gasteiger partial charge in [0.1, 0.15) is 0 Å². The Balaban J connectivity index is 7.63. The lowest BCUT2D eigenvalue weighted by atomic mass is 9.84. The first-order chi connectivity index (χ1) is 18.8. The second-order valence-electron chi connectivity index (χ2n) is 8.05. The quantitative estimate of drug-likeness (QED) is 0.122. The molecule has 45 heavy (non-hydrogen) atoms. The smallest absolute Gasteiger partial charge is 0.298 e. The number of aldehydes is 1. The van der Waals surface area contributed by atoms with Crippen molar-refractivity contribution in [2.75, 3.05) is 0 Å². The van der Waals surface area contributed by atoms with E-state index in [0.29, 0.717) is 0 Å². The molecule has 4 nitrogen and oxygen atoms in total. The Morgan fingerprint density at radius 2 is 0.489 bits per heavy atom. The van der Waals surface area contributed by atoms with E-state index in [1.165, 1.54) is 0 Å². The molecule has 0 aromatic heterocycles. The predicted molar refractivity (Wildman–Crippen MR) is 81.9 cm³/mol. The minimum Gasteiger partial charge on any atom is -0.298 e. The van der Waals surface area contributed by atoms with Crippen LogP contribution >= 0.6 is 0 Å². The number of carbonyl (C=O) groups is 1. The fourth-order valence-corrected chi connectivity index (χ4v) is 3.04. The zero-order valence-corrected chi connectivity index (χ0v) is 19.8.